The van der Waals surface area contributed by atoms with Gasteiger partial charge in [-0.2, -0.15) is 5.26 Å². The number of anilines is 1. The van der Waals surface area contributed by atoms with Crippen molar-refractivity contribution in [3.05, 3.63) is 40.7 Å². The molecule has 5 heteroatoms. The molecule has 0 saturated heterocycles. The monoisotopic (exact) mass is 373 g/mol. The van der Waals surface area contributed by atoms with Crippen molar-refractivity contribution in [3.8, 4) is 6.07 Å². The van der Waals surface area contributed by atoms with Gasteiger partial charge in [0.05, 0.1) is 11.6 Å². The minimum absolute atomic E-state index is 0.282. The van der Waals surface area contributed by atoms with Gasteiger partial charge in [-0.15, -0.1) is 10.2 Å². The van der Waals surface area contributed by atoms with Gasteiger partial charge in [0.2, 0.25) is 5.95 Å². The number of hydrogen-bond donors (Lipinski definition) is 0. The lowest BCUT2D eigenvalue weighted by Crippen LogP contribution is -2.49. The number of nitriles is 1. The Hall–Kier alpha value is -2.35. The molecule has 1 aliphatic heterocycles. The molecule has 0 radical (unpaired) electrons. The van der Waals surface area contributed by atoms with E-state index in [-0.39, 0.29) is 5.41 Å². The predicted octanol–water partition coefficient (Wildman–Crippen LogP) is 3.72. The summed E-state index contributed by atoms with van der Waals surface area (Å²) in [6.45, 7) is 1.79. The Morgan fingerprint density at radius 2 is 1.75 bits per heavy atom. The Balaban J connectivity index is 1.31. The van der Waals surface area contributed by atoms with E-state index in [0.717, 1.165) is 48.8 Å². The number of hydrogen-bond acceptors (Lipinski definition) is 4. The van der Waals surface area contributed by atoms with E-state index < -0.39 is 0 Å². The quantitative estimate of drug-likeness (QED) is 0.805. The van der Waals surface area contributed by atoms with Crippen LogP contribution in [0.25, 0.3) is 0 Å². The third kappa shape index (κ3) is 2.36. The van der Waals surface area contributed by atoms with E-state index >= 15 is 0 Å². The van der Waals surface area contributed by atoms with E-state index in [1.165, 1.54) is 55.5 Å². The van der Waals surface area contributed by atoms with Gasteiger partial charge in [0.15, 0.2) is 0 Å². The molecule has 1 aromatic carbocycles. The zero-order valence-corrected chi connectivity index (χ0v) is 16.6. The van der Waals surface area contributed by atoms with Gasteiger partial charge in [0, 0.05) is 25.6 Å². The second kappa shape index (κ2) is 5.83. The molecule has 0 spiro atoms. The molecular formula is C23H27N5. The number of fused-ring (bicyclic) bond motifs is 1. The topological polar surface area (TPSA) is 57.7 Å². The van der Waals surface area contributed by atoms with Gasteiger partial charge in [0.25, 0.3) is 0 Å². The zero-order chi connectivity index (χ0) is 18.9. The van der Waals surface area contributed by atoms with Crippen molar-refractivity contribution in [3.63, 3.8) is 0 Å². The normalized spacial score (nSPS) is 33.0. The van der Waals surface area contributed by atoms with E-state index in [9.17, 15) is 0 Å². The first-order valence-electron chi connectivity index (χ1n) is 10.8. The summed E-state index contributed by atoms with van der Waals surface area (Å²) in [5.74, 6) is 5.01. The first-order chi connectivity index (χ1) is 13.6. The van der Waals surface area contributed by atoms with Crippen LogP contribution in [0.2, 0.25) is 0 Å². The van der Waals surface area contributed by atoms with Gasteiger partial charge in [-0.05, 0) is 86.0 Å². The van der Waals surface area contributed by atoms with Gasteiger partial charge in [-0.1, -0.05) is 6.07 Å². The SMILES string of the molecule is Cn1c(N2CCc3cc(C#N)ccc3C2)nnc1C12CC3CC(CC(C3)C1)C2. The molecule has 1 aromatic heterocycles. The molecule has 0 N–H and O–H groups in total. The average molecular weight is 374 g/mol. The summed E-state index contributed by atoms with van der Waals surface area (Å²) < 4.78 is 2.31. The van der Waals surface area contributed by atoms with Crippen molar-refractivity contribution in [1.82, 2.24) is 14.8 Å². The standard InChI is InChI=1S/C23H27N5/c1-27-21(23-10-16-6-17(11-23)8-18(7-16)12-23)25-26-22(27)28-5-4-19-9-15(13-24)2-3-20(19)14-28/h2-3,9,16-18H,4-8,10-12,14H2,1H3. The highest BCUT2D eigenvalue weighted by Gasteiger charge is 2.53. The van der Waals surface area contributed by atoms with Crippen molar-refractivity contribution < 1.29 is 0 Å². The van der Waals surface area contributed by atoms with Crippen LogP contribution in [0, 0.1) is 29.1 Å². The van der Waals surface area contributed by atoms with Crippen molar-refractivity contribution in [1.29, 1.82) is 5.26 Å². The molecule has 4 aliphatic carbocycles. The minimum Gasteiger partial charge on any atom is -0.336 e. The zero-order valence-electron chi connectivity index (χ0n) is 16.6. The van der Waals surface area contributed by atoms with Gasteiger partial charge in [-0.3, -0.25) is 4.57 Å². The largest absolute Gasteiger partial charge is 0.336 e. The lowest BCUT2D eigenvalue weighted by molar-refractivity contribution is -0.0107. The number of rotatable bonds is 2. The maximum absolute atomic E-state index is 9.14. The van der Waals surface area contributed by atoms with Crippen LogP contribution in [0.5, 0.6) is 0 Å². The smallest absolute Gasteiger partial charge is 0.227 e. The molecule has 5 aliphatic rings. The lowest BCUT2D eigenvalue weighted by atomic mass is 9.49. The fourth-order valence-electron chi connectivity index (χ4n) is 7.24. The average Bonchev–Trinajstić information content (AvgIpc) is 3.08. The summed E-state index contributed by atoms with van der Waals surface area (Å²) in [6.07, 6.45) is 9.30. The first kappa shape index (κ1) is 16.6. The third-order valence-corrected chi connectivity index (χ3v) is 7.99. The van der Waals surface area contributed by atoms with E-state index in [4.69, 9.17) is 10.4 Å². The second-order valence-corrected chi connectivity index (χ2v) is 9.85. The molecule has 2 aromatic rings. The van der Waals surface area contributed by atoms with E-state index in [1.54, 1.807) is 0 Å². The molecule has 28 heavy (non-hydrogen) atoms. The van der Waals surface area contributed by atoms with Crippen LogP contribution in [0.4, 0.5) is 5.95 Å². The molecule has 144 valence electrons. The Labute approximate surface area is 166 Å². The van der Waals surface area contributed by atoms with Crippen LogP contribution in [-0.2, 0) is 25.4 Å². The summed E-state index contributed by atoms with van der Waals surface area (Å²) in [4.78, 5) is 2.37. The number of nitrogens with zero attached hydrogens (tertiary/aromatic N) is 5. The van der Waals surface area contributed by atoms with Crippen molar-refractivity contribution >= 4 is 5.95 Å². The third-order valence-electron chi connectivity index (χ3n) is 7.99. The van der Waals surface area contributed by atoms with Crippen LogP contribution in [-0.4, -0.2) is 21.3 Å². The van der Waals surface area contributed by atoms with Crippen LogP contribution >= 0.6 is 0 Å². The molecule has 2 heterocycles. The maximum atomic E-state index is 9.14. The molecule has 7 rings (SSSR count). The number of aromatic nitrogens is 3. The van der Waals surface area contributed by atoms with Crippen LogP contribution in [0.3, 0.4) is 0 Å². The predicted molar refractivity (Wildman–Crippen MR) is 107 cm³/mol. The first-order valence-corrected chi connectivity index (χ1v) is 10.8. The molecule has 4 bridgehead atoms. The molecule has 4 saturated carbocycles. The molecule has 4 fully saturated rings. The molecule has 0 unspecified atom stereocenters. The van der Waals surface area contributed by atoms with E-state index in [0.29, 0.717) is 0 Å². The van der Waals surface area contributed by atoms with Crippen LogP contribution in [0.15, 0.2) is 18.2 Å². The van der Waals surface area contributed by atoms with Gasteiger partial charge >= 0.3 is 0 Å². The Kier molecular flexibility index (Phi) is 3.45. The van der Waals surface area contributed by atoms with Crippen molar-refractivity contribution in [2.24, 2.45) is 24.8 Å². The van der Waals surface area contributed by atoms with Crippen LogP contribution < -0.4 is 4.90 Å². The molecule has 5 nitrogen and oxygen atoms in total. The Bertz CT molecular complexity index is 946. The van der Waals surface area contributed by atoms with Crippen LogP contribution in [0.1, 0.15) is 61.0 Å². The molecule has 0 atom stereocenters. The molecular weight excluding hydrogens is 346 g/mol. The van der Waals surface area contributed by atoms with Gasteiger partial charge < -0.3 is 4.90 Å². The summed E-state index contributed by atoms with van der Waals surface area (Å²) >= 11 is 0. The second-order valence-electron chi connectivity index (χ2n) is 9.85. The van der Waals surface area contributed by atoms with E-state index in [1.807, 2.05) is 12.1 Å². The van der Waals surface area contributed by atoms with Gasteiger partial charge in [-0.25, -0.2) is 0 Å². The number of benzene rings is 1. The fraction of sp³-hybridized carbons (Fsp3) is 0.609. The highest BCUT2D eigenvalue weighted by molar-refractivity contribution is 5.45. The summed E-state index contributed by atoms with van der Waals surface area (Å²) in [5.41, 5.74) is 3.66. The summed E-state index contributed by atoms with van der Waals surface area (Å²) in [6, 6.07) is 8.34. The fourth-order valence-corrected chi connectivity index (χ4v) is 7.24. The van der Waals surface area contributed by atoms with Crippen molar-refractivity contribution in [2.75, 3.05) is 11.4 Å². The highest BCUT2D eigenvalue weighted by Crippen LogP contribution is 2.60. The van der Waals surface area contributed by atoms with Crippen molar-refractivity contribution in [2.45, 2.75) is 56.9 Å². The minimum atomic E-state index is 0.282. The molecule has 0 amide bonds. The summed E-state index contributed by atoms with van der Waals surface area (Å²) in [7, 11) is 2.18. The maximum Gasteiger partial charge on any atom is 0.227 e. The summed E-state index contributed by atoms with van der Waals surface area (Å²) in [5, 5.41) is 18.6. The lowest BCUT2D eigenvalue weighted by Gasteiger charge is -2.56. The van der Waals surface area contributed by atoms with E-state index in [2.05, 4.69) is 33.7 Å². The van der Waals surface area contributed by atoms with Gasteiger partial charge in [0.1, 0.15) is 5.82 Å². The highest BCUT2D eigenvalue weighted by atomic mass is 15.4. The Morgan fingerprint density at radius 1 is 1.04 bits per heavy atom. The Morgan fingerprint density at radius 3 is 2.43 bits per heavy atom.